The van der Waals surface area contributed by atoms with Crippen LogP contribution in [0, 0.1) is 20.2 Å². The number of carbonyl (C=O) groups excluding carboxylic acids is 1. The fourth-order valence-corrected chi connectivity index (χ4v) is 2.27. The standard InChI is InChI=1S/C14H9Cl2N3O5/c15-12-6-10(19(23)24)5-11(13(12)16)14(20)17-7-8-1-3-9(4-2-8)18(21)22/h1-6H,7H2,(H,17,20). The second-order valence-corrected chi connectivity index (χ2v) is 5.44. The maximum Gasteiger partial charge on any atom is 0.271 e. The summed E-state index contributed by atoms with van der Waals surface area (Å²) >= 11 is 11.7. The van der Waals surface area contributed by atoms with Gasteiger partial charge < -0.3 is 5.32 Å². The van der Waals surface area contributed by atoms with Crippen molar-refractivity contribution in [2.75, 3.05) is 0 Å². The fraction of sp³-hybridized carbons (Fsp3) is 0.0714. The van der Waals surface area contributed by atoms with E-state index in [0.717, 1.165) is 12.1 Å². The molecule has 2 rings (SSSR count). The molecular weight excluding hydrogens is 361 g/mol. The summed E-state index contributed by atoms with van der Waals surface area (Å²) in [5.41, 5.74) is 0.0582. The van der Waals surface area contributed by atoms with Crippen molar-refractivity contribution < 1.29 is 14.6 Å². The quantitative estimate of drug-likeness (QED) is 0.636. The third-order valence-electron chi connectivity index (χ3n) is 3.07. The van der Waals surface area contributed by atoms with E-state index in [9.17, 15) is 25.0 Å². The van der Waals surface area contributed by atoms with Gasteiger partial charge in [-0.15, -0.1) is 0 Å². The number of rotatable bonds is 5. The Kier molecular flexibility index (Phi) is 5.32. The van der Waals surface area contributed by atoms with Crippen molar-refractivity contribution in [2.45, 2.75) is 6.54 Å². The Balaban J connectivity index is 2.15. The van der Waals surface area contributed by atoms with Crippen LogP contribution in [0.2, 0.25) is 10.0 Å². The first-order chi connectivity index (χ1) is 11.3. The monoisotopic (exact) mass is 369 g/mol. The van der Waals surface area contributed by atoms with Crippen molar-refractivity contribution in [1.29, 1.82) is 0 Å². The molecule has 10 heteroatoms. The van der Waals surface area contributed by atoms with Gasteiger partial charge in [0.2, 0.25) is 0 Å². The fourth-order valence-electron chi connectivity index (χ4n) is 1.86. The normalized spacial score (nSPS) is 10.2. The maximum absolute atomic E-state index is 12.2. The molecule has 0 saturated carbocycles. The smallest absolute Gasteiger partial charge is 0.271 e. The second kappa shape index (κ2) is 7.24. The summed E-state index contributed by atoms with van der Waals surface area (Å²) in [6.07, 6.45) is 0. The number of nitro groups is 2. The number of non-ortho nitro benzene ring substituents is 2. The summed E-state index contributed by atoms with van der Waals surface area (Å²) in [5.74, 6) is -0.649. The Morgan fingerprint density at radius 2 is 1.58 bits per heavy atom. The summed E-state index contributed by atoms with van der Waals surface area (Å²) in [4.78, 5) is 32.3. The van der Waals surface area contributed by atoms with Gasteiger partial charge in [0.05, 0.1) is 25.5 Å². The van der Waals surface area contributed by atoms with E-state index in [4.69, 9.17) is 23.2 Å². The molecule has 0 radical (unpaired) electrons. The van der Waals surface area contributed by atoms with Gasteiger partial charge in [-0.1, -0.05) is 35.3 Å². The molecule has 24 heavy (non-hydrogen) atoms. The molecule has 8 nitrogen and oxygen atoms in total. The lowest BCUT2D eigenvalue weighted by molar-refractivity contribution is -0.385. The van der Waals surface area contributed by atoms with Crippen LogP contribution < -0.4 is 5.32 Å². The van der Waals surface area contributed by atoms with E-state index in [1.165, 1.54) is 24.3 Å². The van der Waals surface area contributed by atoms with Gasteiger partial charge in [0.1, 0.15) is 0 Å². The highest BCUT2D eigenvalue weighted by Crippen LogP contribution is 2.30. The molecule has 2 aromatic rings. The predicted octanol–water partition coefficient (Wildman–Crippen LogP) is 3.74. The molecule has 0 aliphatic carbocycles. The zero-order valence-electron chi connectivity index (χ0n) is 11.9. The molecule has 0 bridgehead atoms. The largest absolute Gasteiger partial charge is 0.348 e. The average Bonchev–Trinajstić information content (AvgIpc) is 2.55. The Morgan fingerprint density at radius 3 is 2.12 bits per heavy atom. The highest BCUT2D eigenvalue weighted by molar-refractivity contribution is 6.44. The first-order valence-electron chi connectivity index (χ1n) is 6.44. The van der Waals surface area contributed by atoms with Crippen molar-refractivity contribution in [2.24, 2.45) is 0 Å². The molecule has 0 aromatic heterocycles. The highest BCUT2D eigenvalue weighted by Gasteiger charge is 2.19. The number of benzene rings is 2. The number of halogens is 2. The first kappa shape index (κ1) is 17.6. The summed E-state index contributed by atoms with van der Waals surface area (Å²) in [7, 11) is 0. The number of nitrogens with zero attached hydrogens (tertiary/aromatic N) is 2. The zero-order chi connectivity index (χ0) is 17.9. The second-order valence-electron chi connectivity index (χ2n) is 4.65. The molecule has 0 saturated heterocycles. The van der Waals surface area contributed by atoms with Crippen molar-refractivity contribution >= 4 is 40.5 Å². The van der Waals surface area contributed by atoms with Crippen LogP contribution in [0.4, 0.5) is 11.4 Å². The number of carbonyl (C=O) groups is 1. The van der Waals surface area contributed by atoms with Gasteiger partial charge in [0, 0.05) is 30.8 Å². The number of hydrogen-bond donors (Lipinski definition) is 1. The van der Waals surface area contributed by atoms with Crippen LogP contribution >= 0.6 is 23.2 Å². The SMILES string of the molecule is O=C(NCc1ccc([N+](=O)[O-])cc1)c1cc([N+](=O)[O-])cc(Cl)c1Cl. The topological polar surface area (TPSA) is 115 Å². The third kappa shape index (κ3) is 3.98. The summed E-state index contributed by atoms with van der Waals surface area (Å²) in [6.45, 7) is 0.0630. The van der Waals surface area contributed by atoms with Gasteiger partial charge in [0.25, 0.3) is 17.3 Å². The van der Waals surface area contributed by atoms with Gasteiger partial charge in [-0.05, 0) is 5.56 Å². The van der Waals surface area contributed by atoms with Crippen LogP contribution in [0.25, 0.3) is 0 Å². The van der Waals surface area contributed by atoms with E-state index in [-0.39, 0.29) is 33.5 Å². The predicted molar refractivity (Wildman–Crippen MR) is 87.4 cm³/mol. The van der Waals surface area contributed by atoms with Gasteiger partial charge in [-0.3, -0.25) is 25.0 Å². The number of nitrogens with one attached hydrogen (secondary N) is 1. The average molecular weight is 370 g/mol. The molecular formula is C14H9Cl2N3O5. The Bertz CT molecular complexity index is 824. The minimum absolute atomic E-state index is 0.0630. The molecule has 2 aromatic carbocycles. The minimum Gasteiger partial charge on any atom is -0.348 e. The summed E-state index contributed by atoms with van der Waals surface area (Å²) in [5, 5.41) is 23.7. The minimum atomic E-state index is -0.685. The number of nitro benzene ring substituents is 2. The van der Waals surface area contributed by atoms with Crippen LogP contribution in [0.5, 0.6) is 0 Å². The number of amides is 1. The van der Waals surface area contributed by atoms with Crippen LogP contribution in [-0.2, 0) is 6.54 Å². The van der Waals surface area contributed by atoms with E-state index >= 15 is 0 Å². The van der Waals surface area contributed by atoms with Crippen LogP contribution in [-0.4, -0.2) is 15.8 Å². The molecule has 0 aliphatic rings. The molecule has 0 atom stereocenters. The first-order valence-corrected chi connectivity index (χ1v) is 7.20. The Morgan fingerprint density at radius 1 is 1.00 bits per heavy atom. The van der Waals surface area contributed by atoms with E-state index in [2.05, 4.69) is 5.32 Å². The third-order valence-corrected chi connectivity index (χ3v) is 3.87. The molecule has 0 aliphatic heterocycles. The molecule has 0 fully saturated rings. The van der Waals surface area contributed by atoms with Crippen molar-refractivity contribution in [3.05, 3.63) is 77.8 Å². The van der Waals surface area contributed by atoms with Crippen LogP contribution in [0.1, 0.15) is 15.9 Å². The van der Waals surface area contributed by atoms with E-state index in [1.54, 1.807) is 0 Å². The van der Waals surface area contributed by atoms with E-state index in [1.807, 2.05) is 0 Å². The summed E-state index contributed by atoms with van der Waals surface area (Å²) < 4.78 is 0. The van der Waals surface area contributed by atoms with Crippen molar-refractivity contribution in [3.8, 4) is 0 Å². The van der Waals surface area contributed by atoms with Crippen LogP contribution in [0.15, 0.2) is 36.4 Å². The van der Waals surface area contributed by atoms with Gasteiger partial charge in [0.15, 0.2) is 0 Å². The molecule has 124 valence electrons. The number of hydrogen-bond acceptors (Lipinski definition) is 5. The lowest BCUT2D eigenvalue weighted by atomic mass is 10.1. The molecule has 1 N–H and O–H groups in total. The van der Waals surface area contributed by atoms with Crippen molar-refractivity contribution in [3.63, 3.8) is 0 Å². The molecule has 1 amide bonds. The maximum atomic E-state index is 12.2. The lowest BCUT2D eigenvalue weighted by Crippen LogP contribution is -2.23. The van der Waals surface area contributed by atoms with Gasteiger partial charge in [-0.2, -0.15) is 0 Å². The Labute approximate surface area is 145 Å². The lowest BCUT2D eigenvalue weighted by Gasteiger charge is -2.08. The molecule has 0 unspecified atom stereocenters. The molecule has 0 heterocycles. The highest BCUT2D eigenvalue weighted by atomic mass is 35.5. The van der Waals surface area contributed by atoms with E-state index < -0.39 is 15.8 Å². The Hall–Kier alpha value is -2.71. The van der Waals surface area contributed by atoms with Crippen molar-refractivity contribution in [1.82, 2.24) is 5.32 Å². The van der Waals surface area contributed by atoms with Gasteiger partial charge >= 0.3 is 0 Å². The zero-order valence-corrected chi connectivity index (χ0v) is 13.4. The van der Waals surface area contributed by atoms with E-state index in [0.29, 0.717) is 5.56 Å². The van der Waals surface area contributed by atoms with Gasteiger partial charge in [-0.25, -0.2) is 0 Å². The summed E-state index contributed by atoms with van der Waals surface area (Å²) in [6, 6.07) is 7.66. The molecule has 0 spiro atoms. The van der Waals surface area contributed by atoms with Crippen LogP contribution in [0.3, 0.4) is 0 Å².